The summed E-state index contributed by atoms with van der Waals surface area (Å²) in [4.78, 5) is 0. The lowest BCUT2D eigenvalue weighted by molar-refractivity contribution is 0.542. The Hall–Kier alpha value is 0.310. The van der Waals surface area contributed by atoms with Crippen molar-refractivity contribution in [3.05, 3.63) is 0 Å². The standard InChI is InChI=1S/C9H21NS/c1-5-7-10-8(3)9(4)11-6-2/h8-10H,5-7H2,1-4H3. The zero-order valence-electron chi connectivity index (χ0n) is 8.18. The van der Waals surface area contributed by atoms with Crippen molar-refractivity contribution in [3.63, 3.8) is 0 Å². The highest BCUT2D eigenvalue weighted by Gasteiger charge is 2.09. The van der Waals surface area contributed by atoms with Crippen LogP contribution in [0, 0.1) is 0 Å². The molecule has 1 N–H and O–H groups in total. The lowest BCUT2D eigenvalue weighted by Crippen LogP contribution is -2.34. The lowest BCUT2D eigenvalue weighted by Gasteiger charge is -2.19. The molecule has 0 saturated carbocycles. The van der Waals surface area contributed by atoms with Gasteiger partial charge in [0, 0.05) is 11.3 Å². The van der Waals surface area contributed by atoms with Crippen molar-refractivity contribution < 1.29 is 0 Å². The van der Waals surface area contributed by atoms with E-state index in [-0.39, 0.29) is 0 Å². The van der Waals surface area contributed by atoms with Crippen molar-refractivity contribution in [1.82, 2.24) is 5.32 Å². The molecule has 2 heteroatoms. The molecule has 0 aromatic heterocycles. The molecule has 1 nitrogen and oxygen atoms in total. The molecule has 0 aliphatic rings. The first-order chi connectivity index (χ1) is 5.22. The maximum atomic E-state index is 3.50. The monoisotopic (exact) mass is 175 g/mol. The largest absolute Gasteiger partial charge is 0.313 e. The van der Waals surface area contributed by atoms with Gasteiger partial charge in [-0.3, -0.25) is 0 Å². The summed E-state index contributed by atoms with van der Waals surface area (Å²) in [5, 5.41) is 4.24. The van der Waals surface area contributed by atoms with Gasteiger partial charge in [0.05, 0.1) is 0 Å². The Kier molecular flexibility index (Phi) is 7.18. The third kappa shape index (κ3) is 5.57. The van der Waals surface area contributed by atoms with Crippen LogP contribution in [0.2, 0.25) is 0 Å². The van der Waals surface area contributed by atoms with Gasteiger partial charge in [0.15, 0.2) is 0 Å². The zero-order chi connectivity index (χ0) is 8.69. The number of thioether (sulfide) groups is 1. The predicted octanol–water partition coefficient (Wildman–Crippen LogP) is 2.52. The van der Waals surface area contributed by atoms with Gasteiger partial charge in [-0.15, -0.1) is 0 Å². The second-order valence-corrected chi connectivity index (χ2v) is 4.56. The summed E-state index contributed by atoms with van der Waals surface area (Å²) in [6, 6.07) is 0.653. The number of nitrogens with one attached hydrogen (secondary N) is 1. The van der Waals surface area contributed by atoms with E-state index in [0.29, 0.717) is 6.04 Å². The van der Waals surface area contributed by atoms with Gasteiger partial charge in [-0.2, -0.15) is 11.8 Å². The maximum Gasteiger partial charge on any atom is 0.0170 e. The van der Waals surface area contributed by atoms with Crippen LogP contribution in [0.1, 0.15) is 34.1 Å². The van der Waals surface area contributed by atoms with E-state index in [0.717, 1.165) is 11.8 Å². The summed E-state index contributed by atoms with van der Waals surface area (Å²) >= 11 is 2.03. The molecule has 2 atom stereocenters. The molecular weight excluding hydrogens is 154 g/mol. The Labute approximate surface area is 75.3 Å². The van der Waals surface area contributed by atoms with E-state index in [9.17, 15) is 0 Å². The molecule has 0 aromatic rings. The summed E-state index contributed by atoms with van der Waals surface area (Å²) in [6.07, 6.45) is 1.23. The molecule has 0 rings (SSSR count). The Morgan fingerprint density at radius 2 is 1.91 bits per heavy atom. The first-order valence-electron chi connectivity index (χ1n) is 4.57. The molecule has 0 bridgehead atoms. The van der Waals surface area contributed by atoms with E-state index >= 15 is 0 Å². The molecule has 0 aliphatic heterocycles. The van der Waals surface area contributed by atoms with Gasteiger partial charge in [-0.1, -0.05) is 20.8 Å². The Morgan fingerprint density at radius 1 is 1.27 bits per heavy atom. The van der Waals surface area contributed by atoms with Crippen LogP contribution in [-0.4, -0.2) is 23.6 Å². The van der Waals surface area contributed by atoms with E-state index in [4.69, 9.17) is 0 Å². The molecule has 0 fully saturated rings. The molecule has 2 unspecified atom stereocenters. The summed E-state index contributed by atoms with van der Waals surface area (Å²) in [5.74, 6) is 1.22. The number of rotatable bonds is 6. The summed E-state index contributed by atoms with van der Waals surface area (Å²) < 4.78 is 0. The predicted molar refractivity (Wildman–Crippen MR) is 55.3 cm³/mol. The highest BCUT2D eigenvalue weighted by atomic mass is 32.2. The third-order valence-corrected chi connectivity index (χ3v) is 3.12. The molecule has 0 aromatic carbocycles. The Morgan fingerprint density at radius 3 is 2.36 bits per heavy atom. The molecule has 0 spiro atoms. The highest BCUT2D eigenvalue weighted by Crippen LogP contribution is 2.12. The molecule has 68 valence electrons. The smallest absolute Gasteiger partial charge is 0.0170 e. The SMILES string of the molecule is CCCNC(C)C(C)SCC. The van der Waals surface area contributed by atoms with E-state index in [1.165, 1.54) is 12.2 Å². The topological polar surface area (TPSA) is 12.0 Å². The van der Waals surface area contributed by atoms with Crippen molar-refractivity contribution in [3.8, 4) is 0 Å². The van der Waals surface area contributed by atoms with Gasteiger partial charge in [-0.25, -0.2) is 0 Å². The molecular formula is C9H21NS. The fraction of sp³-hybridized carbons (Fsp3) is 1.00. The van der Waals surface area contributed by atoms with Gasteiger partial charge >= 0.3 is 0 Å². The van der Waals surface area contributed by atoms with E-state index in [1.54, 1.807) is 0 Å². The van der Waals surface area contributed by atoms with Crippen LogP contribution in [0.4, 0.5) is 0 Å². The normalized spacial score (nSPS) is 16.4. The average molecular weight is 175 g/mol. The minimum absolute atomic E-state index is 0.653. The van der Waals surface area contributed by atoms with Crippen molar-refractivity contribution in [1.29, 1.82) is 0 Å². The summed E-state index contributed by atoms with van der Waals surface area (Å²) in [6.45, 7) is 10.1. The molecule has 0 amide bonds. The minimum atomic E-state index is 0.653. The van der Waals surface area contributed by atoms with Crippen molar-refractivity contribution in [2.45, 2.75) is 45.4 Å². The van der Waals surface area contributed by atoms with Gasteiger partial charge in [0.1, 0.15) is 0 Å². The summed E-state index contributed by atoms with van der Waals surface area (Å²) in [5.41, 5.74) is 0. The Bertz CT molecular complexity index is 85.6. The zero-order valence-corrected chi connectivity index (χ0v) is 9.00. The molecule has 0 heterocycles. The van der Waals surface area contributed by atoms with Crippen LogP contribution in [0.3, 0.4) is 0 Å². The van der Waals surface area contributed by atoms with Crippen LogP contribution in [-0.2, 0) is 0 Å². The van der Waals surface area contributed by atoms with Crippen molar-refractivity contribution in [2.75, 3.05) is 12.3 Å². The van der Waals surface area contributed by atoms with Crippen LogP contribution >= 0.6 is 11.8 Å². The molecule has 11 heavy (non-hydrogen) atoms. The van der Waals surface area contributed by atoms with Gasteiger partial charge in [0.2, 0.25) is 0 Å². The van der Waals surface area contributed by atoms with Crippen LogP contribution in [0.15, 0.2) is 0 Å². The van der Waals surface area contributed by atoms with Gasteiger partial charge < -0.3 is 5.32 Å². The number of hydrogen-bond donors (Lipinski definition) is 1. The van der Waals surface area contributed by atoms with Gasteiger partial charge in [0.25, 0.3) is 0 Å². The fourth-order valence-corrected chi connectivity index (χ4v) is 1.86. The first-order valence-corrected chi connectivity index (χ1v) is 5.62. The molecule has 0 aliphatic carbocycles. The van der Waals surface area contributed by atoms with Crippen molar-refractivity contribution >= 4 is 11.8 Å². The highest BCUT2D eigenvalue weighted by molar-refractivity contribution is 7.99. The van der Waals surface area contributed by atoms with Crippen LogP contribution in [0.5, 0.6) is 0 Å². The molecule has 0 radical (unpaired) electrons. The van der Waals surface area contributed by atoms with Crippen LogP contribution < -0.4 is 5.32 Å². The number of hydrogen-bond acceptors (Lipinski definition) is 2. The summed E-state index contributed by atoms with van der Waals surface area (Å²) in [7, 11) is 0. The fourth-order valence-electron chi connectivity index (χ4n) is 0.945. The third-order valence-electron chi connectivity index (χ3n) is 1.85. The second-order valence-electron chi connectivity index (χ2n) is 2.90. The maximum absolute atomic E-state index is 3.50. The van der Waals surface area contributed by atoms with Gasteiger partial charge in [-0.05, 0) is 25.6 Å². The first kappa shape index (κ1) is 11.3. The van der Waals surface area contributed by atoms with Crippen LogP contribution in [0.25, 0.3) is 0 Å². The van der Waals surface area contributed by atoms with E-state index < -0.39 is 0 Å². The quantitative estimate of drug-likeness (QED) is 0.666. The second kappa shape index (κ2) is 6.99. The molecule has 0 saturated heterocycles. The lowest BCUT2D eigenvalue weighted by atomic mass is 10.2. The Balaban J connectivity index is 3.38. The minimum Gasteiger partial charge on any atom is -0.313 e. The van der Waals surface area contributed by atoms with Crippen molar-refractivity contribution in [2.24, 2.45) is 0 Å². The average Bonchev–Trinajstić information content (AvgIpc) is 2.00. The van der Waals surface area contributed by atoms with E-state index in [1.807, 2.05) is 11.8 Å². The van der Waals surface area contributed by atoms with E-state index in [2.05, 4.69) is 33.0 Å².